The van der Waals surface area contributed by atoms with Gasteiger partial charge in [0.25, 0.3) is 5.91 Å². The van der Waals surface area contributed by atoms with Crippen LogP contribution in [0.25, 0.3) is 10.4 Å². The van der Waals surface area contributed by atoms with Gasteiger partial charge in [-0.2, -0.15) is 13.2 Å². The summed E-state index contributed by atoms with van der Waals surface area (Å²) in [6, 6.07) is 1.33. The van der Waals surface area contributed by atoms with E-state index in [9.17, 15) is 18.0 Å². The van der Waals surface area contributed by atoms with Crippen molar-refractivity contribution in [1.29, 1.82) is 0 Å². The van der Waals surface area contributed by atoms with E-state index in [4.69, 9.17) is 4.74 Å². The molecule has 2 N–H and O–H groups in total. The van der Waals surface area contributed by atoms with E-state index >= 15 is 0 Å². The Morgan fingerprint density at radius 3 is 2.57 bits per heavy atom. The third-order valence-electron chi connectivity index (χ3n) is 6.15. The highest BCUT2D eigenvalue weighted by Crippen LogP contribution is 2.42. The summed E-state index contributed by atoms with van der Waals surface area (Å²) in [5, 5.41) is 6.05. The van der Waals surface area contributed by atoms with Gasteiger partial charge >= 0.3 is 6.18 Å². The molecule has 0 saturated carbocycles. The van der Waals surface area contributed by atoms with Crippen molar-refractivity contribution >= 4 is 23.1 Å². The van der Waals surface area contributed by atoms with Gasteiger partial charge in [0.2, 0.25) is 0 Å². The second-order valence-corrected chi connectivity index (χ2v) is 11.8. The maximum Gasteiger partial charge on any atom is 0.417 e. The molecule has 0 aliphatic carbocycles. The highest BCUT2D eigenvalue weighted by atomic mass is 32.1. The SMILES string of the molecule is C[C@H]1CCCN1Cc1nc(C(=O)NC2(C)COC2)sc1-c1cnc(NC(C)(C)C)cc1C(F)(F)F. The van der Waals surface area contributed by atoms with Crippen LogP contribution in [-0.4, -0.2) is 57.7 Å². The molecule has 2 aliphatic rings. The first kappa shape index (κ1) is 25.8. The zero-order chi connectivity index (χ0) is 25.6. The summed E-state index contributed by atoms with van der Waals surface area (Å²) >= 11 is 0.979. The van der Waals surface area contributed by atoms with Crippen LogP contribution in [0.2, 0.25) is 0 Å². The van der Waals surface area contributed by atoms with E-state index in [1.54, 1.807) is 0 Å². The fourth-order valence-electron chi connectivity index (χ4n) is 4.32. The van der Waals surface area contributed by atoms with Crippen LogP contribution in [0.5, 0.6) is 0 Å². The summed E-state index contributed by atoms with van der Waals surface area (Å²) in [5.74, 6) is -0.265. The lowest BCUT2D eigenvalue weighted by molar-refractivity contribution is -0.137. The van der Waals surface area contributed by atoms with Gasteiger partial charge in [-0.3, -0.25) is 9.69 Å². The van der Waals surface area contributed by atoms with E-state index in [0.717, 1.165) is 36.8 Å². The Kier molecular flexibility index (Phi) is 6.89. The molecule has 1 atom stereocenters. The Hall–Kier alpha value is -2.24. The first-order chi connectivity index (χ1) is 16.2. The molecule has 1 amide bonds. The molecular formula is C24H32F3N5O2S. The molecular weight excluding hydrogens is 479 g/mol. The van der Waals surface area contributed by atoms with Crippen LogP contribution in [0.3, 0.4) is 0 Å². The zero-order valence-electron chi connectivity index (χ0n) is 20.7. The predicted octanol–water partition coefficient (Wildman–Crippen LogP) is 4.94. The number of amides is 1. The molecule has 2 aromatic rings. The molecule has 0 bridgehead atoms. The van der Waals surface area contributed by atoms with Crippen molar-refractivity contribution in [2.45, 2.75) is 77.3 Å². The smallest absolute Gasteiger partial charge is 0.376 e. The third-order valence-corrected chi connectivity index (χ3v) is 7.28. The van der Waals surface area contributed by atoms with Gasteiger partial charge in [0.1, 0.15) is 5.82 Å². The first-order valence-corrected chi connectivity index (χ1v) is 12.6. The van der Waals surface area contributed by atoms with Crippen LogP contribution in [0.15, 0.2) is 12.3 Å². The lowest BCUT2D eigenvalue weighted by Crippen LogP contribution is -2.59. The van der Waals surface area contributed by atoms with E-state index in [1.807, 2.05) is 27.7 Å². The van der Waals surface area contributed by atoms with Crippen molar-refractivity contribution in [3.8, 4) is 10.4 Å². The lowest BCUT2D eigenvalue weighted by Gasteiger charge is -2.38. The quantitative estimate of drug-likeness (QED) is 0.572. The number of thiazole rings is 1. The number of halogens is 3. The number of hydrogen-bond donors (Lipinski definition) is 2. The van der Waals surface area contributed by atoms with Crippen molar-refractivity contribution in [3.63, 3.8) is 0 Å². The second-order valence-electron chi connectivity index (χ2n) is 10.8. The zero-order valence-corrected chi connectivity index (χ0v) is 21.5. The number of anilines is 1. The van der Waals surface area contributed by atoms with Gasteiger partial charge in [-0.1, -0.05) is 0 Å². The summed E-state index contributed by atoms with van der Waals surface area (Å²) in [7, 11) is 0. The number of carbonyl (C=O) groups is 1. The van der Waals surface area contributed by atoms with Crippen molar-refractivity contribution in [1.82, 2.24) is 20.2 Å². The van der Waals surface area contributed by atoms with Gasteiger partial charge in [-0.25, -0.2) is 9.97 Å². The fourth-order valence-corrected chi connectivity index (χ4v) is 5.31. The summed E-state index contributed by atoms with van der Waals surface area (Å²) in [5.41, 5.74) is -1.34. The monoisotopic (exact) mass is 511 g/mol. The molecule has 0 unspecified atom stereocenters. The van der Waals surface area contributed by atoms with Crippen LogP contribution >= 0.6 is 11.3 Å². The Labute approximate surface area is 207 Å². The normalized spacial score (nSPS) is 20.5. The van der Waals surface area contributed by atoms with E-state index in [2.05, 4.69) is 32.4 Å². The van der Waals surface area contributed by atoms with Crippen molar-refractivity contribution < 1.29 is 22.7 Å². The van der Waals surface area contributed by atoms with Crippen molar-refractivity contribution in [2.24, 2.45) is 0 Å². The van der Waals surface area contributed by atoms with Gasteiger partial charge in [-0.15, -0.1) is 11.3 Å². The van der Waals surface area contributed by atoms with Crippen molar-refractivity contribution in [3.05, 3.63) is 28.5 Å². The van der Waals surface area contributed by atoms with Crippen LogP contribution in [0.1, 0.15) is 68.5 Å². The van der Waals surface area contributed by atoms with Crippen LogP contribution in [0.4, 0.5) is 19.0 Å². The van der Waals surface area contributed by atoms with Crippen LogP contribution in [-0.2, 0) is 17.5 Å². The van der Waals surface area contributed by atoms with Gasteiger partial charge in [0, 0.05) is 29.9 Å². The number of rotatable bonds is 6. The van der Waals surface area contributed by atoms with Gasteiger partial charge in [0.05, 0.1) is 34.9 Å². The second kappa shape index (κ2) is 9.33. The molecule has 2 aliphatic heterocycles. The highest BCUT2D eigenvalue weighted by molar-refractivity contribution is 7.17. The third kappa shape index (κ3) is 5.95. The van der Waals surface area contributed by atoms with E-state index in [1.165, 1.54) is 6.20 Å². The maximum absolute atomic E-state index is 14.2. The highest BCUT2D eigenvalue weighted by Gasteiger charge is 2.38. The number of likely N-dealkylation sites (tertiary alicyclic amines) is 1. The molecule has 2 saturated heterocycles. The molecule has 192 valence electrons. The summed E-state index contributed by atoms with van der Waals surface area (Å²) in [4.78, 5) is 24.3. The number of pyridine rings is 1. The number of nitrogens with one attached hydrogen (secondary N) is 2. The van der Waals surface area contributed by atoms with Crippen molar-refractivity contribution in [2.75, 3.05) is 25.1 Å². The van der Waals surface area contributed by atoms with Crippen LogP contribution in [0, 0.1) is 0 Å². The van der Waals surface area contributed by atoms with Gasteiger partial charge in [-0.05, 0) is 60.1 Å². The summed E-state index contributed by atoms with van der Waals surface area (Å²) < 4.78 is 47.8. The molecule has 7 nitrogen and oxygen atoms in total. The minimum atomic E-state index is -4.60. The molecule has 4 rings (SSSR count). The number of ether oxygens (including phenoxy) is 1. The van der Waals surface area contributed by atoms with E-state index < -0.39 is 28.7 Å². The Bertz CT molecular complexity index is 1090. The predicted molar refractivity (Wildman–Crippen MR) is 130 cm³/mol. The number of hydrogen-bond acceptors (Lipinski definition) is 7. The number of aromatic nitrogens is 2. The summed E-state index contributed by atoms with van der Waals surface area (Å²) in [6.07, 6.45) is -1.32. The topological polar surface area (TPSA) is 79.4 Å². The standard InChI is InChI=1S/C24H32F3N5O2S/c1-14-7-6-8-32(14)11-17-19(35-21(29-17)20(33)31-23(5)12-34-13-23)15-10-28-18(30-22(2,3)4)9-16(15)24(25,26)27/h9-10,14H,6-8,11-13H2,1-5H3,(H,28,30)(H,31,33)/t14-/m0/s1. The Morgan fingerprint density at radius 1 is 1.31 bits per heavy atom. The first-order valence-electron chi connectivity index (χ1n) is 11.7. The minimum absolute atomic E-state index is 0.0615. The number of carbonyl (C=O) groups excluding carboxylic acids is 1. The maximum atomic E-state index is 14.2. The molecule has 11 heteroatoms. The van der Waals surface area contributed by atoms with E-state index in [0.29, 0.717) is 36.4 Å². The molecule has 4 heterocycles. The minimum Gasteiger partial charge on any atom is -0.376 e. The molecule has 0 spiro atoms. The summed E-state index contributed by atoms with van der Waals surface area (Å²) in [6.45, 7) is 11.5. The average Bonchev–Trinajstić information content (AvgIpc) is 3.32. The van der Waals surface area contributed by atoms with E-state index in [-0.39, 0.29) is 16.4 Å². The van der Waals surface area contributed by atoms with Crippen LogP contribution < -0.4 is 10.6 Å². The Morgan fingerprint density at radius 2 is 2.03 bits per heavy atom. The number of nitrogens with zero attached hydrogens (tertiary/aromatic N) is 3. The molecule has 0 radical (unpaired) electrons. The molecule has 2 fully saturated rings. The average molecular weight is 512 g/mol. The van der Waals surface area contributed by atoms with Gasteiger partial charge < -0.3 is 15.4 Å². The Balaban J connectivity index is 1.76. The largest absolute Gasteiger partial charge is 0.417 e. The number of alkyl halides is 3. The molecule has 2 aromatic heterocycles. The molecule has 35 heavy (non-hydrogen) atoms. The van der Waals surface area contributed by atoms with Gasteiger partial charge in [0.15, 0.2) is 5.01 Å². The molecule has 0 aromatic carbocycles. The fraction of sp³-hybridized carbons (Fsp3) is 0.625. The lowest BCUT2D eigenvalue weighted by atomic mass is 10.0.